The van der Waals surface area contributed by atoms with Crippen molar-refractivity contribution in [2.75, 3.05) is 37.9 Å². The van der Waals surface area contributed by atoms with E-state index in [-0.39, 0.29) is 42.0 Å². The van der Waals surface area contributed by atoms with E-state index in [0.29, 0.717) is 22.5 Å². The van der Waals surface area contributed by atoms with Crippen LogP contribution in [0.3, 0.4) is 0 Å². The molecule has 2 atom stereocenters. The zero-order valence-corrected chi connectivity index (χ0v) is 25.1. The predicted octanol–water partition coefficient (Wildman–Crippen LogP) is 2.44. The molecule has 226 valence electrons. The van der Waals surface area contributed by atoms with E-state index in [4.69, 9.17) is 4.74 Å². The van der Waals surface area contributed by atoms with Gasteiger partial charge in [-0.25, -0.2) is 35.0 Å². The van der Waals surface area contributed by atoms with Crippen molar-refractivity contribution in [3.05, 3.63) is 23.5 Å². The summed E-state index contributed by atoms with van der Waals surface area (Å²) in [6.45, 7) is 6.03. The molecule has 5 heterocycles. The number of nitrogens with zero attached hydrogens (tertiary/aromatic N) is 6. The van der Waals surface area contributed by atoms with Crippen LogP contribution in [0.2, 0.25) is 0 Å². The smallest absolute Gasteiger partial charge is 0.291 e. The zero-order chi connectivity index (χ0) is 29.9. The molecular weight excluding hydrogens is 607 g/mol. The quantitative estimate of drug-likeness (QED) is 0.375. The number of halogens is 3. The molecule has 0 aliphatic carbocycles. The lowest BCUT2D eigenvalue weighted by Crippen LogP contribution is -2.63. The first-order valence-electron chi connectivity index (χ1n) is 12.8. The number of alkyl halides is 3. The lowest BCUT2D eigenvalue weighted by atomic mass is 10.0. The average molecular weight is 638 g/mol. The molecule has 18 heteroatoms. The second kappa shape index (κ2) is 10.7. The number of fused-ring (bicyclic) bond motifs is 1. The van der Waals surface area contributed by atoms with Gasteiger partial charge in [-0.15, -0.1) is 10.2 Å². The Morgan fingerprint density at radius 3 is 2.32 bits per heavy atom. The molecule has 0 unspecified atom stereocenters. The summed E-state index contributed by atoms with van der Waals surface area (Å²) in [4.78, 5) is 5.99. The highest BCUT2D eigenvalue weighted by molar-refractivity contribution is 7.90. The third kappa shape index (κ3) is 5.33. The van der Waals surface area contributed by atoms with Crippen molar-refractivity contribution in [3.8, 4) is 10.8 Å². The van der Waals surface area contributed by atoms with Crippen LogP contribution in [0.1, 0.15) is 39.1 Å². The summed E-state index contributed by atoms with van der Waals surface area (Å²) in [5.41, 5.74) is -0.527. The normalized spacial score (nSPS) is 22.1. The summed E-state index contributed by atoms with van der Waals surface area (Å²) < 4.78 is 104. The van der Waals surface area contributed by atoms with Crippen LogP contribution in [-0.2, 0) is 24.8 Å². The Bertz CT molecular complexity index is 1640. The van der Waals surface area contributed by atoms with Gasteiger partial charge in [-0.2, -0.15) is 9.03 Å². The molecule has 0 radical (unpaired) electrons. The summed E-state index contributed by atoms with van der Waals surface area (Å²) in [6, 6.07) is 0.516. The number of ether oxygens (including phenoxy) is 1. The summed E-state index contributed by atoms with van der Waals surface area (Å²) in [5.74, 6) is 0.0944. The maximum absolute atomic E-state index is 13.8. The highest BCUT2D eigenvalue weighted by Gasteiger charge is 2.44. The zero-order valence-electron chi connectivity index (χ0n) is 22.7. The monoisotopic (exact) mass is 637 g/mol. The predicted molar refractivity (Wildman–Crippen MR) is 146 cm³/mol. The van der Waals surface area contributed by atoms with Gasteiger partial charge in [0, 0.05) is 31.4 Å². The Hall–Kier alpha value is -2.38. The maximum Gasteiger partial charge on any atom is 0.291 e. The van der Waals surface area contributed by atoms with Gasteiger partial charge in [0.05, 0.1) is 35.9 Å². The number of sulfonamides is 2. The van der Waals surface area contributed by atoms with E-state index in [1.807, 2.05) is 4.90 Å². The molecule has 2 aliphatic rings. The maximum atomic E-state index is 13.8. The first-order valence-corrected chi connectivity index (χ1v) is 16.6. The molecule has 1 N–H and O–H groups in total. The third-order valence-electron chi connectivity index (χ3n) is 7.16. The second-order valence-electron chi connectivity index (χ2n) is 10.7. The largest absolute Gasteiger partial charge is 0.377 e. The van der Waals surface area contributed by atoms with E-state index in [2.05, 4.69) is 19.9 Å². The second-order valence-corrected chi connectivity index (χ2v) is 15.8. The van der Waals surface area contributed by atoms with E-state index in [9.17, 15) is 30.0 Å². The molecule has 0 amide bonds. The SMILES string of the molecule is CC(C)S(=O)(=O)N1[C@@H](C)CN(c2cc(S(=O)(=O)NC3(CF)COC3)cn3c(-c4nnc(C(F)F)s4)ncc23)C[C@@H]1C. The van der Waals surface area contributed by atoms with Crippen molar-refractivity contribution < 1.29 is 34.7 Å². The van der Waals surface area contributed by atoms with Gasteiger partial charge in [-0.1, -0.05) is 11.3 Å². The fourth-order valence-electron chi connectivity index (χ4n) is 5.13. The Labute approximate surface area is 239 Å². The summed E-state index contributed by atoms with van der Waals surface area (Å²) in [5, 5.41) is 6.26. The molecule has 2 saturated heterocycles. The molecule has 41 heavy (non-hydrogen) atoms. The number of pyridine rings is 1. The van der Waals surface area contributed by atoms with Crippen LogP contribution in [0.4, 0.5) is 18.9 Å². The van der Waals surface area contributed by atoms with Gasteiger partial charge < -0.3 is 9.64 Å². The number of piperazine rings is 1. The molecule has 12 nitrogen and oxygen atoms in total. The number of hydrogen-bond donors (Lipinski definition) is 1. The summed E-state index contributed by atoms with van der Waals surface area (Å²) in [7, 11) is -7.88. The molecule has 0 bridgehead atoms. The first kappa shape index (κ1) is 30.1. The molecule has 3 aromatic heterocycles. The molecule has 0 aromatic carbocycles. The fourth-order valence-corrected chi connectivity index (χ4v) is 8.82. The van der Waals surface area contributed by atoms with Crippen LogP contribution in [0.5, 0.6) is 0 Å². The summed E-state index contributed by atoms with van der Waals surface area (Å²) in [6.07, 6.45) is -0.107. The van der Waals surface area contributed by atoms with Gasteiger partial charge in [0.2, 0.25) is 20.0 Å². The molecular formula is C23H30F3N7O5S3. The van der Waals surface area contributed by atoms with Crippen LogP contribution in [0, 0.1) is 0 Å². The Morgan fingerprint density at radius 2 is 1.80 bits per heavy atom. The minimum absolute atomic E-state index is 0.0518. The van der Waals surface area contributed by atoms with E-state index in [1.54, 1.807) is 27.7 Å². The van der Waals surface area contributed by atoms with E-state index in [0.717, 1.165) is 0 Å². The van der Waals surface area contributed by atoms with Crippen molar-refractivity contribution >= 4 is 42.6 Å². The van der Waals surface area contributed by atoms with Crippen LogP contribution < -0.4 is 9.62 Å². The van der Waals surface area contributed by atoms with Crippen molar-refractivity contribution in [1.29, 1.82) is 0 Å². The number of imidazole rings is 1. The van der Waals surface area contributed by atoms with Crippen LogP contribution in [0.25, 0.3) is 16.3 Å². The lowest BCUT2D eigenvalue weighted by molar-refractivity contribution is -0.0725. The molecule has 0 saturated carbocycles. The molecule has 3 aromatic rings. The summed E-state index contributed by atoms with van der Waals surface area (Å²) >= 11 is 0.627. The standard InChI is InChI=1S/C23H30F3N7O5S3/c1-13(2)41(36,37)33-14(3)7-31(8-15(33)4)17-5-16(40(34,35)30-23(10-24)11-38-12-23)9-32-18(17)6-27-20(32)22-29-28-21(39-22)19(25)26/h5-6,9,13-15,19,30H,7-8,10-12H2,1-4H3/t14-,15-/m0/s1. The fraction of sp³-hybridized carbons (Fsp3) is 0.609. The van der Waals surface area contributed by atoms with Crippen LogP contribution in [-0.4, -0.2) is 96.6 Å². The Kier molecular flexibility index (Phi) is 7.86. The Balaban J connectivity index is 1.62. The van der Waals surface area contributed by atoms with Crippen LogP contribution >= 0.6 is 11.3 Å². The number of nitrogens with one attached hydrogen (secondary N) is 1. The van der Waals surface area contributed by atoms with Gasteiger partial charge >= 0.3 is 0 Å². The molecule has 2 aliphatic heterocycles. The van der Waals surface area contributed by atoms with Gasteiger partial charge in [0.15, 0.2) is 15.8 Å². The number of hydrogen-bond acceptors (Lipinski definition) is 10. The average Bonchev–Trinajstić information content (AvgIpc) is 3.52. The minimum Gasteiger partial charge on any atom is -0.377 e. The Morgan fingerprint density at radius 1 is 1.15 bits per heavy atom. The van der Waals surface area contributed by atoms with Gasteiger partial charge in [0.25, 0.3) is 6.43 Å². The molecule has 0 spiro atoms. The third-order valence-corrected chi connectivity index (χ3v) is 12.1. The van der Waals surface area contributed by atoms with E-state index in [1.165, 1.54) is 27.2 Å². The molecule has 5 rings (SSSR count). The minimum atomic E-state index is -4.31. The molecule has 2 fully saturated rings. The van der Waals surface area contributed by atoms with Gasteiger partial charge in [-0.05, 0) is 33.8 Å². The van der Waals surface area contributed by atoms with E-state index >= 15 is 0 Å². The van der Waals surface area contributed by atoms with Gasteiger partial charge in [0.1, 0.15) is 17.1 Å². The number of rotatable bonds is 9. The van der Waals surface area contributed by atoms with Gasteiger partial charge in [-0.3, -0.25) is 4.40 Å². The number of anilines is 1. The van der Waals surface area contributed by atoms with Crippen LogP contribution in [0.15, 0.2) is 23.4 Å². The highest BCUT2D eigenvalue weighted by atomic mass is 32.2. The highest BCUT2D eigenvalue weighted by Crippen LogP contribution is 2.35. The van der Waals surface area contributed by atoms with Crippen molar-refractivity contribution in [2.45, 2.75) is 61.9 Å². The first-order chi connectivity index (χ1) is 19.2. The lowest BCUT2D eigenvalue weighted by Gasteiger charge is -2.45. The van der Waals surface area contributed by atoms with Crippen molar-refractivity contribution in [2.24, 2.45) is 0 Å². The van der Waals surface area contributed by atoms with Crippen molar-refractivity contribution in [3.63, 3.8) is 0 Å². The van der Waals surface area contributed by atoms with E-state index < -0.39 is 61.0 Å². The number of aromatic nitrogens is 4. The topological polar surface area (TPSA) is 139 Å². The van der Waals surface area contributed by atoms with Crippen molar-refractivity contribution in [1.82, 2.24) is 28.6 Å².